The normalized spacial score (nSPS) is 10.6. The highest BCUT2D eigenvalue weighted by Crippen LogP contribution is 2.24. The topological polar surface area (TPSA) is 112 Å². The van der Waals surface area contributed by atoms with Gasteiger partial charge in [-0.05, 0) is 37.6 Å². The molecule has 4 rings (SSSR count). The number of aryl methyl sites for hydroxylation is 2. The number of aromatic nitrogens is 5. The van der Waals surface area contributed by atoms with Crippen LogP contribution in [0.1, 0.15) is 17.1 Å². The van der Waals surface area contributed by atoms with E-state index in [0.29, 0.717) is 29.2 Å². The van der Waals surface area contributed by atoms with Crippen LogP contribution in [0.25, 0.3) is 0 Å². The second-order valence-electron chi connectivity index (χ2n) is 7.35. The number of nitrogens with zero attached hydrogens (tertiary/aromatic N) is 5. The average Bonchev–Trinajstić information content (AvgIpc) is 3.20. The van der Waals surface area contributed by atoms with Gasteiger partial charge in [-0.3, -0.25) is 9.89 Å². The maximum absolute atomic E-state index is 12.3. The van der Waals surface area contributed by atoms with E-state index < -0.39 is 0 Å². The first kappa shape index (κ1) is 21.0. The Kier molecular flexibility index (Phi) is 6.07. The Hall–Kier alpha value is -4.27. The van der Waals surface area contributed by atoms with Crippen LogP contribution in [0, 0.1) is 13.8 Å². The summed E-state index contributed by atoms with van der Waals surface area (Å²) >= 11 is 0. The molecular weight excluding hydrogens is 404 g/mol. The number of H-pyrrole nitrogens is 1. The van der Waals surface area contributed by atoms with Crippen molar-refractivity contribution in [3.8, 4) is 0 Å². The number of hydrogen-bond acceptors (Lipinski definition) is 7. The highest BCUT2D eigenvalue weighted by Gasteiger charge is 2.14. The first-order chi connectivity index (χ1) is 15.5. The SMILES string of the molecule is Cc1nc(Nc2cc(CC(=O)Nc3ccccc3)[nH]n2)nc(N(C)c2ccccc2C)n1. The predicted octanol–water partition coefficient (Wildman–Crippen LogP) is 3.90. The highest BCUT2D eigenvalue weighted by atomic mass is 16.1. The Morgan fingerprint density at radius 2 is 1.75 bits per heavy atom. The molecule has 2 aromatic heterocycles. The van der Waals surface area contributed by atoms with E-state index in [0.717, 1.165) is 16.9 Å². The number of hydrogen-bond donors (Lipinski definition) is 3. The fourth-order valence-electron chi connectivity index (χ4n) is 3.25. The molecule has 0 atom stereocenters. The number of anilines is 5. The highest BCUT2D eigenvalue weighted by molar-refractivity contribution is 5.92. The molecule has 0 bridgehead atoms. The van der Waals surface area contributed by atoms with Gasteiger partial charge in [-0.1, -0.05) is 36.4 Å². The monoisotopic (exact) mass is 428 g/mol. The van der Waals surface area contributed by atoms with E-state index in [9.17, 15) is 4.79 Å². The third-order valence-corrected chi connectivity index (χ3v) is 4.79. The Balaban J connectivity index is 1.45. The lowest BCUT2D eigenvalue weighted by Crippen LogP contribution is -2.16. The first-order valence-electron chi connectivity index (χ1n) is 10.2. The second kappa shape index (κ2) is 9.25. The quantitative estimate of drug-likeness (QED) is 0.409. The molecule has 32 heavy (non-hydrogen) atoms. The Labute approximate surface area is 186 Å². The molecule has 0 saturated carbocycles. The van der Waals surface area contributed by atoms with Gasteiger partial charge in [0.15, 0.2) is 5.82 Å². The summed E-state index contributed by atoms with van der Waals surface area (Å²) in [5.41, 5.74) is 3.55. The van der Waals surface area contributed by atoms with Crippen molar-refractivity contribution >= 4 is 35.0 Å². The zero-order valence-electron chi connectivity index (χ0n) is 18.1. The largest absolute Gasteiger partial charge is 0.326 e. The summed E-state index contributed by atoms with van der Waals surface area (Å²) in [6.45, 7) is 3.85. The number of carbonyl (C=O) groups is 1. The van der Waals surface area contributed by atoms with Crippen LogP contribution in [0.5, 0.6) is 0 Å². The minimum Gasteiger partial charge on any atom is -0.326 e. The van der Waals surface area contributed by atoms with E-state index in [1.807, 2.05) is 80.4 Å². The van der Waals surface area contributed by atoms with Crippen molar-refractivity contribution in [1.29, 1.82) is 0 Å². The number of para-hydroxylation sites is 2. The van der Waals surface area contributed by atoms with Crippen molar-refractivity contribution in [3.63, 3.8) is 0 Å². The number of rotatable bonds is 7. The molecule has 1 amide bonds. The van der Waals surface area contributed by atoms with Gasteiger partial charge in [0.2, 0.25) is 17.8 Å². The number of nitrogens with one attached hydrogen (secondary N) is 3. The van der Waals surface area contributed by atoms with Crippen molar-refractivity contribution < 1.29 is 4.79 Å². The summed E-state index contributed by atoms with van der Waals surface area (Å²) in [5, 5.41) is 13.0. The van der Waals surface area contributed by atoms with Crippen LogP contribution in [-0.4, -0.2) is 38.1 Å². The van der Waals surface area contributed by atoms with E-state index in [4.69, 9.17) is 0 Å². The molecule has 2 aromatic carbocycles. The van der Waals surface area contributed by atoms with Gasteiger partial charge in [0, 0.05) is 30.2 Å². The van der Waals surface area contributed by atoms with Crippen molar-refractivity contribution in [1.82, 2.24) is 25.1 Å². The van der Waals surface area contributed by atoms with Crippen molar-refractivity contribution in [2.24, 2.45) is 0 Å². The molecule has 0 radical (unpaired) electrons. The molecule has 0 unspecified atom stereocenters. The van der Waals surface area contributed by atoms with Crippen LogP contribution in [0.3, 0.4) is 0 Å². The third-order valence-electron chi connectivity index (χ3n) is 4.79. The van der Waals surface area contributed by atoms with Crippen molar-refractivity contribution in [2.75, 3.05) is 22.6 Å². The number of benzene rings is 2. The molecule has 162 valence electrons. The lowest BCUT2D eigenvalue weighted by molar-refractivity contribution is -0.115. The summed E-state index contributed by atoms with van der Waals surface area (Å²) in [6, 6.07) is 19.1. The fraction of sp³-hybridized carbons (Fsp3) is 0.174. The summed E-state index contributed by atoms with van der Waals surface area (Å²) in [6.07, 6.45) is 0.168. The molecule has 0 spiro atoms. The summed E-state index contributed by atoms with van der Waals surface area (Å²) < 4.78 is 0. The van der Waals surface area contributed by atoms with E-state index in [2.05, 4.69) is 35.8 Å². The van der Waals surface area contributed by atoms with Gasteiger partial charge in [-0.25, -0.2) is 0 Å². The summed E-state index contributed by atoms with van der Waals surface area (Å²) in [7, 11) is 1.92. The predicted molar refractivity (Wildman–Crippen MR) is 124 cm³/mol. The minimum atomic E-state index is -0.135. The van der Waals surface area contributed by atoms with Crippen LogP contribution in [0.4, 0.5) is 29.1 Å². The maximum atomic E-state index is 12.3. The molecule has 2 heterocycles. The smallest absolute Gasteiger partial charge is 0.234 e. The molecule has 0 aliphatic carbocycles. The van der Waals surface area contributed by atoms with Crippen molar-refractivity contribution in [3.05, 3.63) is 77.7 Å². The maximum Gasteiger partial charge on any atom is 0.234 e. The summed E-state index contributed by atoms with van der Waals surface area (Å²) in [4.78, 5) is 27.5. The summed E-state index contributed by atoms with van der Waals surface area (Å²) in [5.74, 6) is 1.86. The zero-order chi connectivity index (χ0) is 22.5. The molecule has 4 aromatic rings. The fourth-order valence-corrected chi connectivity index (χ4v) is 3.25. The van der Waals surface area contributed by atoms with Crippen LogP contribution < -0.4 is 15.5 Å². The first-order valence-corrected chi connectivity index (χ1v) is 10.2. The van der Waals surface area contributed by atoms with Gasteiger partial charge in [0.1, 0.15) is 5.82 Å². The third kappa shape index (κ3) is 5.07. The average molecular weight is 429 g/mol. The van der Waals surface area contributed by atoms with E-state index in [1.165, 1.54) is 0 Å². The number of aromatic amines is 1. The molecular formula is C23H24N8O. The zero-order valence-corrected chi connectivity index (χ0v) is 18.1. The molecule has 0 aliphatic heterocycles. The lowest BCUT2D eigenvalue weighted by atomic mass is 10.2. The van der Waals surface area contributed by atoms with E-state index in [-0.39, 0.29) is 12.3 Å². The standard InChI is InChI=1S/C23H24N8O/c1-15-9-7-8-12-19(15)31(3)23-25-16(2)24-22(28-23)27-20-13-18(29-30-20)14-21(32)26-17-10-5-4-6-11-17/h4-13H,14H2,1-3H3,(H,26,32)(H2,24,25,27,28,29,30). The van der Waals surface area contributed by atoms with Crippen LogP contribution in [-0.2, 0) is 11.2 Å². The molecule has 0 fully saturated rings. The van der Waals surface area contributed by atoms with Crippen LogP contribution in [0.15, 0.2) is 60.7 Å². The van der Waals surface area contributed by atoms with Gasteiger partial charge in [-0.15, -0.1) is 0 Å². The van der Waals surface area contributed by atoms with Crippen molar-refractivity contribution in [2.45, 2.75) is 20.3 Å². The van der Waals surface area contributed by atoms with E-state index in [1.54, 1.807) is 6.07 Å². The molecule has 9 nitrogen and oxygen atoms in total. The Bertz CT molecular complexity index is 1220. The number of carbonyl (C=O) groups excluding carboxylic acids is 1. The Morgan fingerprint density at radius 3 is 2.53 bits per heavy atom. The molecule has 9 heteroatoms. The van der Waals surface area contributed by atoms with E-state index >= 15 is 0 Å². The minimum absolute atomic E-state index is 0.135. The van der Waals surface area contributed by atoms with Crippen LogP contribution >= 0.6 is 0 Å². The second-order valence-corrected chi connectivity index (χ2v) is 7.35. The van der Waals surface area contributed by atoms with Gasteiger partial charge in [0.25, 0.3) is 0 Å². The molecule has 0 aliphatic rings. The lowest BCUT2D eigenvalue weighted by Gasteiger charge is -2.19. The van der Waals surface area contributed by atoms with Gasteiger partial charge in [0.05, 0.1) is 6.42 Å². The molecule has 3 N–H and O–H groups in total. The van der Waals surface area contributed by atoms with Gasteiger partial charge >= 0.3 is 0 Å². The Morgan fingerprint density at radius 1 is 1.00 bits per heavy atom. The van der Waals surface area contributed by atoms with Gasteiger partial charge < -0.3 is 15.5 Å². The van der Waals surface area contributed by atoms with Crippen LogP contribution in [0.2, 0.25) is 0 Å². The molecule has 0 saturated heterocycles. The number of amides is 1. The van der Waals surface area contributed by atoms with Gasteiger partial charge in [-0.2, -0.15) is 20.1 Å².